The standard InChI is InChI=1S/C22H25N2O2/c1-14-13-19(26-6)11-12-20(14)22-15(2)23-21(16(3)24(22)4)17-7-9-18(25-5)10-8-17/h7-13H,1-6H3/q+1. The van der Waals surface area contributed by atoms with Crippen LogP contribution in [-0.4, -0.2) is 19.2 Å². The molecule has 0 bridgehead atoms. The predicted octanol–water partition coefficient (Wildman–Crippen LogP) is 4.18. The minimum absolute atomic E-state index is 0.845. The van der Waals surface area contributed by atoms with E-state index in [0.717, 1.165) is 39.8 Å². The molecule has 0 aliphatic heterocycles. The van der Waals surface area contributed by atoms with E-state index in [1.54, 1.807) is 14.2 Å². The van der Waals surface area contributed by atoms with Gasteiger partial charge in [-0.3, -0.25) is 0 Å². The molecule has 0 N–H and O–H groups in total. The van der Waals surface area contributed by atoms with Gasteiger partial charge in [-0.15, -0.1) is 0 Å². The van der Waals surface area contributed by atoms with E-state index in [9.17, 15) is 0 Å². The molecule has 0 fully saturated rings. The minimum Gasteiger partial charge on any atom is -0.497 e. The summed E-state index contributed by atoms with van der Waals surface area (Å²) in [7, 11) is 5.46. The van der Waals surface area contributed by atoms with Gasteiger partial charge in [0.2, 0.25) is 11.4 Å². The number of aromatic nitrogens is 2. The summed E-state index contributed by atoms with van der Waals surface area (Å²) < 4.78 is 12.8. The fourth-order valence-electron chi connectivity index (χ4n) is 3.30. The van der Waals surface area contributed by atoms with Crippen molar-refractivity contribution in [1.82, 2.24) is 4.98 Å². The van der Waals surface area contributed by atoms with E-state index in [-0.39, 0.29) is 0 Å². The zero-order chi connectivity index (χ0) is 18.8. The summed E-state index contributed by atoms with van der Waals surface area (Å²) in [6, 6.07) is 14.2. The van der Waals surface area contributed by atoms with Crippen molar-refractivity contribution >= 4 is 0 Å². The van der Waals surface area contributed by atoms with Crippen molar-refractivity contribution in [3.05, 3.63) is 59.4 Å². The second-order valence-corrected chi connectivity index (χ2v) is 6.45. The molecule has 0 atom stereocenters. The highest BCUT2D eigenvalue weighted by Crippen LogP contribution is 2.29. The van der Waals surface area contributed by atoms with Crippen molar-refractivity contribution in [2.24, 2.45) is 7.05 Å². The number of ether oxygens (including phenoxy) is 2. The number of aryl methyl sites for hydroxylation is 2. The van der Waals surface area contributed by atoms with Crippen LogP contribution in [0.4, 0.5) is 0 Å². The molecule has 0 saturated heterocycles. The summed E-state index contributed by atoms with van der Waals surface area (Å²) in [5, 5.41) is 0. The molecule has 0 saturated carbocycles. The summed E-state index contributed by atoms with van der Waals surface area (Å²) in [6.07, 6.45) is 0. The summed E-state index contributed by atoms with van der Waals surface area (Å²) in [6.45, 7) is 6.27. The second kappa shape index (κ2) is 7.16. The van der Waals surface area contributed by atoms with E-state index < -0.39 is 0 Å². The van der Waals surface area contributed by atoms with Gasteiger partial charge in [0, 0.05) is 12.5 Å². The Kier molecular flexibility index (Phi) is 4.94. The third-order valence-corrected chi connectivity index (χ3v) is 4.86. The molecule has 0 amide bonds. The van der Waals surface area contributed by atoms with Crippen molar-refractivity contribution < 1.29 is 14.0 Å². The first-order chi connectivity index (χ1) is 12.5. The molecular weight excluding hydrogens is 324 g/mol. The molecule has 134 valence electrons. The Balaban J connectivity index is 2.14. The van der Waals surface area contributed by atoms with Crippen molar-refractivity contribution in [3.8, 4) is 34.0 Å². The zero-order valence-electron chi connectivity index (χ0n) is 16.3. The van der Waals surface area contributed by atoms with Crippen LogP contribution in [0, 0.1) is 20.8 Å². The maximum Gasteiger partial charge on any atom is 0.234 e. The lowest BCUT2D eigenvalue weighted by Crippen LogP contribution is -2.37. The number of nitrogens with zero attached hydrogens (tertiary/aromatic N) is 2. The maximum absolute atomic E-state index is 5.33. The molecule has 4 heteroatoms. The van der Waals surface area contributed by atoms with E-state index in [4.69, 9.17) is 14.5 Å². The lowest BCUT2D eigenvalue weighted by atomic mass is 10.0. The van der Waals surface area contributed by atoms with Crippen LogP contribution in [0.3, 0.4) is 0 Å². The summed E-state index contributed by atoms with van der Waals surface area (Å²) in [5.41, 5.74) is 7.65. The van der Waals surface area contributed by atoms with Crippen LogP contribution in [0.5, 0.6) is 11.5 Å². The Morgan fingerprint density at radius 2 is 1.46 bits per heavy atom. The van der Waals surface area contributed by atoms with E-state index in [1.807, 2.05) is 30.3 Å². The molecule has 1 heterocycles. The molecule has 3 rings (SSSR count). The first kappa shape index (κ1) is 17.9. The van der Waals surface area contributed by atoms with Crippen molar-refractivity contribution in [2.45, 2.75) is 20.8 Å². The first-order valence-corrected chi connectivity index (χ1v) is 8.63. The Hall–Kier alpha value is -2.88. The van der Waals surface area contributed by atoms with Gasteiger partial charge in [0.15, 0.2) is 0 Å². The molecule has 3 aromatic rings. The van der Waals surface area contributed by atoms with E-state index in [0.29, 0.717) is 0 Å². The number of methoxy groups -OCH3 is 2. The van der Waals surface area contributed by atoms with Gasteiger partial charge in [0.1, 0.15) is 29.9 Å². The molecule has 0 radical (unpaired) electrons. The van der Waals surface area contributed by atoms with Crippen LogP contribution < -0.4 is 14.0 Å². The zero-order valence-corrected chi connectivity index (χ0v) is 16.3. The molecule has 0 unspecified atom stereocenters. The van der Waals surface area contributed by atoms with Gasteiger partial charge in [0.25, 0.3) is 0 Å². The van der Waals surface area contributed by atoms with Gasteiger partial charge in [-0.2, -0.15) is 4.57 Å². The van der Waals surface area contributed by atoms with Gasteiger partial charge >= 0.3 is 0 Å². The van der Waals surface area contributed by atoms with Crippen LogP contribution in [0.15, 0.2) is 42.5 Å². The van der Waals surface area contributed by atoms with Crippen LogP contribution in [0.25, 0.3) is 22.5 Å². The van der Waals surface area contributed by atoms with Gasteiger partial charge in [-0.05, 0) is 61.9 Å². The lowest BCUT2D eigenvalue weighted by Gasteiger charge is -2.13. The number of hydrogen-bond acceptors (Lipinski definition) is 3. The molecule has 1 aromatic heterocycles. The molecular formula is C22H25N2O2+. The fraction of sp³-hybridized carbons (Fsp3) is 0.273. The normalized spacial score (nSPS) is 10.7. The quantitative estimate of drug-likeness (QED) is 0.663. The van der Waals surface area contributed by atoms with Crippen LogP contribution >= 0.6 is 0 Å². The molecule has 2 aromatic carbocycles. The molecule has 0 spiro atoms. The smallest absolute Gasteiger partial charge is 0.234 e. The number of benzene rings is 2. The molecule has 0 aliphatic rings. The Bertz CT molecular complexity index is 947. The van der Waals surface area contributed by atoms with Gasteiger partial charge in [0.05, 0.1) is 19.8 Å². The second-order valence-electron chi connectivity index (χ2n) is 6.45. The lowest BCUT2D eigenvalue weighted by molar-refractivity contribution is -0.666. The predicted molar refractivity (Wildman–Crippen MR) is 104 cm³/mol. The SMILES string of the molecule is COc1ccc(-c2nc(C)c(-c3ccc(OC)cc3C)[n+](C)c2C)cc1. The van der Waals surface area contributed by atoms with Crippen LogP contribution in [0.1, 0.15) is 17.0 Å². The highest BCUT2D eigenvalue weighted by atomic mass is 16.5. The van der Waals surface area contributed by atoms with Crippen LogP contribution in [-0.2, 0) is 7.05 Å². The summed E-state index contributed by atoms with van der Waals surface area (Å²) in [5.74, 6) is 1.71. The molecule has 26 heavy (non-hydrogen) atoms. The Morgan fingerprint density at radius 3 is 2.04 bits per heavy atom. The van der Waals surface area contributed by atoms with Crippen LogP contribution in [0.2, 0.25) is 0 Å². The number of hydrogen-bond donors (Lipinski definition) is 0. The Morgan fingerprint density at radius 1 is 0.846 bits per heavy atom. The van der Waals surface area contributed by atoms with E-state index >= 15 is 0 Å². The fourth-order valence-corrected chi connectivity index (χ4v) is 3.30. The van der Waals surface area contributed by atoms with Gasteiger partial charge < -0.3 is 9.47 Å². The highest BCUT2D eigenvalue weighted by molar-refractivity contribution is 5.67. The van der Waals surface area contributed by atoms with Gasteiger partial charge in [-0.25, -0.2) is 4.98 Å². The third kappa shape index (κ3) is 3.15. The highest BCUT2D eigenvalue weighted by Gasteiger charge is 2.23. The molecule has 0 aliphatic carbocycles. The first-order valence-electron chi connectivity index (χ1n) is 8.63. The average molecular weight is 349 g/mol. The monoisotopic (exact) mass is 349 g/mol. The Labute approximate surface area is 155 Å². The van der Waals surface area contributed by atoms with Crippen molar-refractivity contribution in [3.63, 3.8) is 0 Å². The third-order valence-electron chi connectivity index (χ3n) is 4.86. The topological polar surface area (TPSA) is 35.2 Å². The van der Waals surface area contributed by atoms with E-state index in [2.05, 4.69) is 44.5 Å². The molecule has 4 nitrogen and oxygen atoms in total. The summed E-state index contributed by atoms with van der Waals surface area (Å²) in [4.78, 5) is 4.93. The van der Waals surface area contributed by atoms with E-state index in [1.165, 1.54) is 11.1 Å². The summed E-state index contributed by atoms with van der Waals surface area (Å²) >= 11 is 0. The largest absolute Gasteiger partial charge is 0.497 e. The van der Waals surface area contributed by atoms with Gasteiger partial charge in [-0.1, -0.05) is 0 Å². The van der Waals surface area contributed by atoms with Crippen molar-refractivity contribution in [2.75, 3.05) is 14.2 Å². The minimum atomic E-state index is 0.845. The number of rotatable bonds is 4. The maximum atomic E-state index is 5.33. The average Bonchev–Trinajstić information content (AvgIpc) is 2.66. The van der Waals surface area contributed by atoms with Crippen molar-refractivity contribution in [1.29, 1.82) is 0 Å².